The fourth-order valence-corrected chi connectivity index (χ4v) is 4.24. The average Bonchev–Trinajstić information content (AvgIpc) is 2.97. The molecular formula is C17H18N4O3S. The van der Waals surface area contributed by atoms with E-state index in [0.29, 0.717) is 5.69 Å². The molecule has 1 saturated heterocycles. The summed E-state index contributed by atoms with van der Waals surface area (Å²) in [5, 5.41) is 3.28. The largest absolute Gasteiger partial charge is 0.338 e. The van der Waals surface area contributed by atoms with Crippen LogP contribution in [0.3, 0.4) is 0 Å². The van der Waals surface area contributed by atoms with E-state index in [1.54, 1.807) is 18.2 Å². The standard InChI is InChI=1S/C17H18N4O3S/c22-17(19-25(23,24)13-7-2-1-3-8-13)21-15-10-5-4-9-14(15)20-12-6-11-18-16(20)21/h1-5,7-10,16,18H,6,11-12H2,(H,19,22)/t16-/m0/s1. The van der Waals surface area contributed by atoms with Crippen molar-refractivity contribution in [2.45, 2.75) is 17.6 Å². The van der Waals surface area contributed by atoms with Gasteiger partial charge in [-0.05, 0) is 30.7 Å². The first-order chi connectivity index (χ1) is 12.1. The number of rotatable bonds is 2. The van der Waals surface area contributed by atoms with Crippen LogP contribution >= 0.6 is 0 Å². The molecule has 2 aromatic carbocycles. The molecule has 7 nitrogen and oxygen atoms in total. The number of hydrogen-bond acceptors (Lipinski definition) is 5. The molecule has 1 fully saturated rings. The predicted molar refractivity (Wildman–Crippen MR) is 94.8 cm³/mol. The van der Waals surface area contributed by atoms with Crippen molar-refractivity contribution in [2.24, 2.45) is 0 Å². The average molecular weight is 358 g/mol. The summed E-state index contributed by atoms with van der Waals surface area (Å²) in [5.41, 5.74) is 1.62. The molecule has 2 N–H and O–H groups in total. The van der Waals surface area contributed by atoms with Gasteiger partial charge >= 0.3 is 6.03 Å². The van der Waals surface area contributed by atoms with E-state index >= 15 is 0 Å². The Morgan fingerprint density at radius 1 is 1.04 bits per heavy atom. The maximum Gasteiger partial charge on any atom is 0.338 e. The number of benzene rings is 2. The zero-order valence-corrected chi connectivity index (χ0v) is 14.2. The highest BCUT2D eigenvalue weighted by Gasteiger charge is 2.41. The van der Waals surface area contributed by atoms with Crippen molar-refractivity contribution in [3.05, 3.63) is 54.6 Å². The molecule has 25 heavy (non-hydrogen) atoms. The van der Waals surface area contributed by atoms with E-state index in [-0.39, 0.29) is 11.2 Å². The van der Waals surface area contributed by atoms with E-state index in [1.807, 2.05) is 24.3 Å². The number of nitrogens with one attached hydrogen (secondary N) is 2. The Kier molecular flexibility index (Phi) is 3.85. The molecule has 0 bridgehead atoms. The van der Waals surface area contributed by atoms with Gasteiger partial charge < -0.3 is 4.90 Å². The number of sulfonamides is 1. The SMILES string of the molecule is O=C(NS(=O)(=O)c1ccccc1)N1c2ccccc2N2CCCN[C@@H]21. The summed E-state index contributed by atoms with van der Waals surface area (Å²) in [4.78, 5) is 16.4. The minimum atomic E-state index is -3.92. The number of amides is 2. The number of carbonyl (C=O) groups excluding carboxylic acids is 1. The monoisotopic (exact) mass is 358 g/mol. The van der Waals surface area contributed by atoms with E-state index in [9.17, 15) is 13.2 Å². The summed E-state index contributed by atoms with van der Waals surface area (Å²) in [7, 11) is -3.92. The normalized spacial score (nSPS) is 19.3. The van der Waals surface area contributed by atoms with Gasteiger partial charge in [-0.2, -0.15) is 0 Å². The van der Waals surface area contributed by atoms with Crippen LogP contribution in [0.15, 0.2) is 59.5 Å². The first-order valence-electron chi connectivity index (χ1n) is 8.08. The quantitative estimate of drug-likeness (QED) is 0.854. The molecule has 4 rings (SSSR count). The molecule has 2 aliphatic rings. The number of anilines is 2. The Hall–Kier alpha value is -2.58. The Morgan fingerprint density at radius 3 is 2.48 bits per heavy atom. The molecule has 1 atom stereocenters. The maximum atomic E-state index is 12.8. The summed E-state index contributed by atoms with van der Waals surface area (Å²) >= 11 is 0. The van der Waals surface area contributed by atoms with Crippen molar-refractivity contribution in [2.75, 3.05) is 22.9 Å². The van der Waals surface area contributed by atoms with Crippen molar-refractivity contribution >= 4 is 27.4 Å². The summed E-state index contributed by atoms with van der Waals surface area (Å²) in [6, 6.07) is 14.7. The molecule has 8 heteroatoms. The molecule has 130 valence electrons. The molecule has 0 aromatic heterocycles. The highest BCUT2D eigenvalue weighted by atomic mass is 32.2. The molecule has 2 aromatic rings. The number of urea groups is 1. The Morgan fingerprint density at radius 2 is 1.72 bits per heavy atom. The topological polar surface area (TPSA) is 81.8 Å². The summed E-state index contributed by atoms with van der Waals surface area (Å²) < 4.78 is 27.1. The van der Waals surface area contributed by atoms with Crippen LogP contribution in [0.2, 0.25) is 0 Å². The lowest BCUT2D eigenvalue weighted by atomic mass is 10.2. The third kappa shape index (κ3) is 2.73. The zero-order chi connectivity index (χ0) is 17.4. The zero-order valence-electron chi connectivity index (χ0n) is 13.4. The lowest BCUT2D eigenvalue weighted by molar-refractivity contribution is 0.246. The van der Waals surface area contributed by atoms with Crippen LogP contribution in [0, 0.1) is 0 Å². The highest BCUT2D eigenvalue weighted by molar-refractivity contribution is 7.90. The van der Waals surface area contributed by atoms with E-state index < -0.39 is 16.1 Å². The van der Waals surface area contributed by atoms with Crippen LogP contribution in [0.5, 0.6) is 0 Å². The Labute approximate surface area is 146 Å². The lowest BCUT2D eigenvalue weighted by Crippen LogP contribution is -2.60. The first kappa shape index (κ1) is 15.9. The second kappa shape index (κ2) is 6.05. The smallest absolute Gasteiger partial charge is 0.337 e. The number of hydrogen-bond donors (Lipinski definition) is 2. The molecule has 2 amide bonds. The number of para-hydroxylation sites is 2. The van der Waals surface area contributed by atoms with Crippen molar-refractivity contribution in [1.29, 1.82) is 0 Å². The van der Waals surface area contributed by atoms with Crippen molar-refractivity contribution < 1.29 is 13.2 Å². The number of fused-ring (bicyclic) bond motifs is 3. The maximum absolute atomic E-state index is 12.8. The van der Waals surface area contributed by atoms with Crippen LogP contribution < -0.4 is 19.8 Å². The van der Waals surface area contributed by atoms with Gasteiger partial charge in [-0.15, -0.1) is 0 Å². The van der Waals surface area contributed by atoms with Gasteiger partial charge in [0, 0.05) is 13.1 Å². The molecule has 2 aliphatic heterocycles. The van der Waals surface area contributed by atoms with Gasteiger partial charge in [-0.25, -0.2) is 17.9 Å². The fourth-order valence-electron chi connectivity index (χ4n) is 3.28. The number of nitrogens with zero attached hydrogens (tertiary/aromatic N) is 2. The van der Waals surface area contributed by atoms with Gasteiger partial charge in [-0.3, -0.25) is 10.2 Å². The van der Waals surface area contributed by atoms with Gasteiger partial charge in [0.25, 0.3) is 10.0 Å². The molecule has 0 saturated carbocycles. The second-order valence-corrected chi connectivity index (χ2v) is 7.64. The third-order valence-electron chi connectivity index (χ3n) is 4.39. The van der Waals surface area contributed by atoms with Crippen molar-refractivity contribution in [1.82, 2.24) is 10.0 Å². The Balaban J connectivity index is 1.66. The first-order valence-corrected chi connectivity index (χ1v) is 9.56. The molecule has 0 radical (unpaired) electrons. The van der Waals surface area contributed by atoms with Crippen molar-refractivity contribution in [3.8, 4) is 0 Å². The lowest BCUT2D eigenvalue weighted by Gasteiger charge is -2.36. The molecule has 0 spiro atoms. The van der Waals surface area contributed by atoms with Crippen LogP contribution in [0.1, 0.15) is 6.42 Å². The van der Waals surface area contributed by atoms with Crippen LogP contribution in [-0.4, -0.2) is 33.8 Å². The fraction of sp³-hybridized carbons (Fsp3) is 0.235. The third-order valence-corrected chi connectivity index (χ3v) is 5.72. The summed E-state index contributed by atoms with van der Waals surface area (Å²) in [6.45, 7) is 1.58. The van der Waals surface area contributed by atoms with E-state index in [1.165, 1.54) is 17.0 Å². The summed E-state index contributed by atoms with van der Waals surface area (Å²) in [5.74, 6) is 0. The van der Waals surface area contributed by atoms with Crippen LogP contribution in [0.25, 0.3) is 0 Å². The minimum absolute atomic E-state index is 0.0595. The van der Waals surface area contributed by atoms with Crippen LogP contribution in [0.4, 0.5) is 16.2 Å². The predicted octanol–water partition coefficient (Wildman–Crippen LogP) is 1.69. The van der Waals surface area contributed by atoms with Gasteiger partial charge in [0.05, 0.1) is 16.3 Å². The van der Waals surface area contributed by atoms with Gasteiger partial charge in [-0.1, -0.05) is 30.3 Å². The summed E-state index contributed by atoms with van der Waals surface area (Å²) in [6.07, 6.45) is 0.583. The number of carbonyl (C=O) groups is 1. The van der Waals surface area contributed by atoms with E-state index in [2.05, 4.69) is 14.9 Å². The van der Waals surface area contributed by atoms with Gasteiger partial charge in [0.15, 0.2) is 6.29 Å². The Bertz CT molecular complexity index is 901. The highest BCUT2D eigenvalue weighted by Crippen LogP contribution is 2.39. The molecule has 0 unspecified atom stereocenters. The van der Waals surface area contributed by atoms with Gasteiger partial charge in [0.1, 0.15) is 0 Å². The van der Waals surface area contributed by atoms with E-state index in [4.69, 9.17) is 0 Å². The van der Waals surface area contributed by atoms with E-state index in [0.717, 1.165) is 25.2 Å². The molecule has 2 heterocycles. The van der Waals surface area contributed by atoms with Crippen LogP contribution in [-0.2, 0) is 10.0 Å². The molecule has 0 aliphatic carbocycles. The van der Waals surface area contributed by atoms with Crippen molar-refractivity contribution in [3.63, 3.8) is 0 Å². The molecular weight excluding hydrogens is 340 g/mol. The minimum Gasteiger partial charge on any atom is -0.337 e. The van der Waals surface area contributed by atoms with Gasteiger partial charge in [0.2, 0.25) is 0 Å². The second-order valence-electron chi connectivity index (χ2n) is 5.96.